The lowest BCUT2D eigenvalue weighted by molar-refractivity contribution is -0.123. The Morgan fingerprint density at radius 3 is 2.15 bits per heavy atom. The van der Waals surface area contributed by atoms with E-state index in [-0.39, 0.29) is 5.91 Å². The Morgan fingerprint density at radius 2 is 1.58 bits per heavy atom. The highest BCUT2D eigenvalue weighted by molar-refractivity contribution is 5.81. The van der Waals surface area contributed by atoms with Gasteiger partial charge in [-0.05, 0) is 57.1 Å². The molecule has 3 aliphatic carbocycles. The van der Waals surface area contributed by atoms with Crippen molar-refractivity contribution < 1.29 is 4.79 Å². The molecule has 0 heterocycles. The molecule has 0 saturated heterocycles. The lowest BCUT2D eigenvalue weighted by atomic mass is 9.88. The van der Waals surface area contributed by atoms with Crippen molar-refractivity contribution in [2.24, 2.45) is 0 Å². The molecule has 1 N–H and O–H groups in total. The van der Waals surface area contributed by atoms with Crippen LogP contribution in [0.1, 0.15) is 84.5 Å². The van der Waals surface area contributed by atoms with Gasteiger partial charge in [-0.1, -0.05) is 56.8 Å². The van der Waals surface area contributed by atoms with Gasteiger partial charge in [-0.25, -0.2) is 0 Å². The van der Waals surface area contributed by atoms with E-state index in [1.807, 2.05) is 0 Å². The number of rotatable bonds is 5. The molecule has 0 spiro atoms. The van der Waals surface area contributed by atoms with E-state index in [4.69, 9.17) is 0 Å². The molecule has 0 aromatic heterocycles. The van der Waals surface area contributed by atoms with Gasteiger partial charge in [-0.2, -0.15) is 0 Å². The molecular weight excluding hydrogens is 320 g/mol. The summed E-state index contributed by atoms with van der Waals surface area (Å²) in [6, 6.07) is 1.22. The van der Waals surface area contributed by atoms with Gasteiger partial charge in [0.2, 0.25) is 5.91 Å². The number of amides is 1. The fraction of sp³-hybridized carbons (Fsp3) is 0.696. The van der Waals surface area contributed by atoms with Crippen LogP contribution in [0.25, 0.3) is 0 Å². The largest absolute Gasteiger partial charge is 0.324 e. The maximum Gasteiger partial charge on any atom is 0.238 e. The summed E-state index contributed by atoms with van der Waals surface area (Å²) in [5, 5.41) is 3.25. The zero-order chi connectivity index (χ0) is 18.4. The molecule has 0 radical (unpaired) electrons. The Morgan fingerprint density at radius 1 is 1.00 bits per heavy atom. The van der Waals surface area contributed by atoms with Crippen molar-refractivity contribution in [2.45, 2.75) is 96.6 Å². The third kappa shape index (κ3) is 5.09. The lowest BCUT2D eigenvalue weighted by Gasteiger charge is -2.41. The van der Waals surface area contributed by atoms with Crippen LogP contribution in [0.4, 0.5) is 0 Å². The van der Waals surface area contributed by atoms with Crippen LogP contribution < -0.4 is 5.32 Å². The Kier molecular flexibility index (Phi) is 7.13. The summed E-state index contributed by atoms with van der Waals surface area (Å²) in [5.41, 5.74) is 3.35. The second kappa shape index (κ2) is 9.55. The van der Waals surface area contributed by atoms with Crippen LogP contribution >= 0.6 is 0 Å². The molecule has 0 aromatic carbocycles. The number of nitrogens with zero attached hydrogens (tertiary/aromatic N) is 1. The third-order valence-corrected chi connectivity index (χ3v) is 6.39. The van der Waals surface area contributed by atoms with Gasteiger partial charge in [-0.3, -0.25) is 9.69 Å². The molecule has 0 aliphatic heterocycles. The van der Waals surface area contributed by atoms with Crippen LogP contribution in [0.15, 0.2) is 35.1 Å². The fourth-order valence-electron chi connectivity index (χ4n) is 4.91. The number of carbonyl (C=O) groups is 1. The molecule has 0 unspecified atom stereocenters. The highest BCUT2D eigenvalue weighted by Gasteiger charge is 2.30. The van der Waals surface area contributed by atoms with Crippen LogP contribution in [-0.4, -0.2) is 29.4 Å². The van der Waals surface area contributed by atoms with E-state index in [0.717, 1.165) is 17.7 Å². The van der Waals surface area contributed by atoms with Gasteiger partial charge in [0.05, 0.1) is 6.54 Å². The molecule has 3 aliphatic rings. The molecule has 1 amide bonds. The van der Waals surface area contributed by atoms with Crippen LogP contribution in [0, 0.1) is 0 Å². The number of hydrogen-bond acceptors (Lipinski definition) is 2. The molecule has 3 rings (SSSR count). The Balaban J connectivity index is 1.69. The Labute approximate surface area is 159 Å². The van der Waals surface area contributed by atoms with Crippen molar-refractivity contribution in [3.05, 3.63) is 35.1 Å². The van der Waals surface area contributed by atoms with Crippen LogP contribution in [0.3, 0.4) is 0 Å². The Hall–Kier alpha value is -1.35. The molecule has 0 atom stereocenters. The number of allylic oxidation sites excluding steroid dienone is 5. The van der Waals surface area contributed by atoms with Gasteiger partial charge in [0.15, 0.2) is 0 Å². The van der Waals surface area contributed by atoms with Crippen molar-refractivity contribution in [1.29, 1.82) is 0 Å². The zero-order valence-corrected chi connectivity index (χ0v) is 16.7. The number of nitrogens with one attached hydrogen (secondary N) is 1. The molecule has 144 valence electrons. The van der Waals surface area contributed by atoms with Crippen molar-refractivity contribution in [3.8, 4) is 0 Å². The quantitative estimate of drug-likeness (QED) is 0.729. The minimum absolute atomic E-state index is 0.165. The predicted octanol–water partition coefficient (Wildman–Crippen LogP) is 5.25. The van der Waals surface area contributed by atoms with Crippen LogP contribution in [0.5, 0.6) is 0 Å². The summed E-state index contributed by atoms with van der Waals surface area (Å²) < 4.78 is 0. The summed E-state index contributed by atoms with van der Waals surface area (Å²) >= 11 is 0. The van der Waals surface area contributed by atoms with E-state index in [0.29, 0.717) is 18.6 Å². The van der Waals surface area contributed by atoms with E-state index in [2.05, 4.69) is 42.3 Å². The highest BCUT2D eigenvalue weighted by atomic mass is 16.2. The smallest absolute Gasteiger partial charge is 0.238 e. The maximum absolute atomic E-state index is 13.0. The van der Waals surface area contributed by atoms with Gasteiger partial charge < -0.3 is 5.32 Å². The average Bonchev–Trinajstić information content (AvgIpc) is 2.83. The van der Waals surface area contributed by atoms with E-state index >= 15 is 0 Å². The van der Waals surface area contributed by atoms with Crippen molar-refractivity contribution >= 4 is 5.91 Å². The van der Waals surface area contributed by atoms with Gasteiger partial charge in [0.1, 0.15) is 0 Å². The topological polar surface area (TPSA) is 32.3 Å². The first-order valence-electron chi connectivity index (χ1n) is 10.8. The number of carbonyl (C=O) groups excluding carboxylic acids is 1. The summed E-state index contributed by atoms with van der Waals surface area (Å²) in [5.74, 6) is 0.165. The molecule has 3 nitrogen and oxygen atoms in total. The second-order valence-electron chi connectivity index (χ2n) is 8.39. The minimum Gasteiger partial charge on any atom is -0.324 e. The first kappa shape index (κ1) is 19.4. The van der Waals surface area contributed by atoms with Crippen molar-refractivity contribution in [2.75, 3.05) is 6.54 Å². The average molecular weight is 357 g/mol. The van der Waals surface area contributed by atoms with Gasteiger partial charge in [0.25, 0.3) is 0 Å². The first-order chi connectivity index (χ1) is 12.6. The van der Waals surface area contributed by atoms with Crippen LogP contribution in [-0.2, 0) is 4.79 Å². The van der Waals surface area contributed by atoms with E-state index < -0.39 is 0 Å². The number of hydrogen-bond donors (Lipinski definition) is 1. The molecule has 2 saturated carbocycles. The molecule has 26 heavy (non-hydrogen) atoms. The molecular formula is C23H36N2O. The highest BCUT2D eigenvalue weighted by Crippen LogP contribution is 2.30. The molecule has 0 bridgehead atoms. The standard InChI is InChI=1S/C23H36N2O/c1-18-11-9-10-12-19(2)23(18)24-22(26)17-25(20-13-5-3-6-14-20)21-15-7-4-8-16-21/h9,11-12,20-21H,3-8,10,13-17H2,1-2H3,(H,24,26). The van der Waals surface area contributed by atoms with Crippen molar-refractivity contribution in [3.63, 3.8) is 0 Å². The summed E-state index contributed by atoms with van der Waals surface area (Å²) in [4.78, 5) is 15.6. The normalized spacial score (nSPS) is 23.1. The fourth-order valence-corrected chi connectivity index (χ4v) is 4.91. The van der Waals surface area contributed by atoms with Gasteiger partial charge in [-0.15, -0.1) is 0 Å². The van der Waals surface area contributed by atoms with Crippen LogP contribution in [0.2, 0.25) is 0 Å². The SMILES string of the molecule is CC1=CCC=CC(C)=C1NC(=O)CN(C1CCCCC1)C1CCCCC1. The second-order valence-corrected chi connectivity index (χ2v) is 8.39. The third-order valence-electron chi connectivity index (χ3n) is 6.39. The maximum atomic E-state index is 13.0. The first-order valence-corrected chi connectivity index (χ1v) is 10.8. The van der Waals surface area contributed by atoms with Gasteiger partial charge >= 0.3 is 0 Å². The van der Waals surface area contributed by atoms with Gasteiger partial charge in [0, 0.05) is 17.8 Å². The summed E-state index contributed by atoms with van der Waals surface area (Å²) in [6.07, 6.45) is 20.5. The summed E-state index contributed by atoms with van der Waals surface area (Å²) in [6.45, 7) is 4.75. The zero-order valence-electron chi connectivity index (χ0n) is 16.7. The molecule has 0 aromatic rings. The molecule has 2 fully saturated rings. The molecule has 3 heteroatoms. The minimum atomic E-state index is 0.165. The monoisotopic (exact) mass is 356 g/mol. The lowest BCUT2D eigenvalue weighted by Crippen LogP contribution is -2.49. The Bertz CT molecular complexity index is 557. The van der Waals surface area contributed by atoms with E-state index in [1.165, 1.54) is 69.8 Å². The van der Waals surface area contributed by atoms with Crippen molar-refractivity contribution in [1.82, 2.24) is 10.2 Å². The van der Waals surface area contributed by atoms with E-state index in [9.17, 15) is 4.79 Å². The summed E-state index contributed by atoms with van der Waals surface area (Å²) in [7, 11) is 0. The predicted molar refractivity (Wildman–Crippen MR) is 109 cm³/mol. The van der Waals surface area contributed by atoms with E-state index in [1.54, 1.807) is 0 Å².